The molecule has 5 heteroatoms. The number of rotatable bonds is 7. The highest BCUT2D eigenvalue weighted by Crippen LogP contribution is 2.11. The zero-order chi connectivity index (χ0) is 15.1. The highest BCUT2D eigenvalue weighted by molar-refractivity contribution is 7.84. The van der Waals surface area contributed by atoms with Gasteiger partial charge in [0, 0.05) is 16.6 Å². The van der Waals surface area contributed by atoms with E-state index in [0.717, 1.165) is 16.7 Å². The monoisotopic (exact) mass is 296 g/mol. The Kier molecular flexibility index (Phi) is 6.58. The first-order valence-electron chi connectivity index (χ1n) is 6.50. The number of carbonyl (C=O) groups is 2. The lowest BCUT2D eigenvalue weighted by Crippen LogP contribution is -2.17. The second-order valence-electron chi connectivity index (χ2n) is 4.74. The van der Waals surface area contributed by atoms with Crippen LogP contribution in [0.1, 0.15) is 30.0 Å². The van der Waals surface area contributed by atoms with E-state index in [1.54, 1.807) is 6.92 Å². The first kappa shape index (κ1) is 16.6. The van der Waals surface area contributed by atoms with Crippen molar-refractivity contribution in [1.29, 1.82) is 0 Å². The van der Waals surface area contributed by atoms with E-state index in [2.05, 4.69) is 4.74 Å². The second kappa shape index (κ2) is 7.94. The van der Waals surface area contributed by atoms with Crippen LogP contribution in [0.5, 0.6) is 0 Å². The normalized spacial score (nSPS) is 11.9. The average Bonchev–Trinajstić information content (AvgIpc) is 2.26. The quantitative estimate of drug-likeness (QED) is 0.571. The molecule has 0 heterocycles. The van der Waals surface area contributed by atoms with Crippen molar-refractivity contribution in [2.45, 2.75) is 32.9 Å². The molecule has 1 unspecified atom stereocenters. The predicted octanol–water partition coefficient (Wildman–Crippen LogP) is 2.07. The lowest BCUT2D eigenvalue weighted by molar-refractivity contribution is -0.145. The Balaban J connectivity index is 2.51. The summed E-state index contributed by atoms with van der Waals surface area (Å²) in [5.41, 5.74) is 3.16. The van der Waals surface area contributed by atoms with Crippen molar-refractivity contribution in [3.8, 4) is 0 Å². The van der Waals surface area contributed by atoms with Gasteiger partial charge in [0.05, 0.1) is 12.4 Å². The molecule has 110 valence electrons. The molecule has 0 saturated heterocycles. The number of ketones is 1. The summed E-state index contributed by atoms with van der Waals surface area (Å²) in [7, 11) is -1.30. The van der Waals surface area contributed by atoms with E-state index in [9.17, 15) is 13.8 Å². The van der Waals surface area contributed by atoms with Crippen molar-refractivity contribution >= 4 is 22.6 Å². The molecule has 0 saturated carbocycles. The predicted molar refractivity (Wildman–Crippen MR) is 78.9 cm³/mol. The van der Waals surface area contributed by atoms with Crippen LogP contribution >= 0.6 is 0 Å². The van der Waals surface area contributed by atoms with Crippen LogP contribution in [-0.4, -0.2) is 28.3 Å². The van der Waals surface area contributed by atoms with Gasteiger partial charge in [0.25, 0.3) is 0 Å². The highest BCUT2D eigenvalue weighted by Gasteiger charge is 2.14. The molecule has 1 aromatic rings. The van der Waals surface area contributed by atoms with Gasteiger partial charge in [-0.3, -0.25) is 13.8 Å². The van der Waals surface area contributed by atoms with Crippen molar-refractivity contribution in [3.05, 3.63) is 34.9 Å². The number of hydrogen-bond acceptors (Lipinski definition) is 4. The largest absolute Gasteiger partial charge is 0.466 e. The lowest BCUT2D eigenvalue weighted by atomic mass is 10.1. The third-order valence-electron chi connectivity index (χ3n) is 2.58. The number of carbonyl (C=O) groups excluding carboxylic acids is 2. The van der Waals surface area contributed by atoms with Crippen LogP contribution in [0, 0.1) is 13.8 Å². The van der Waals surface area contributed by atoms with Crippen LogP contribution < -0.4 is 0 Å². The SMILES string of the molecule is CCOC(=O)CC(=O)CS(=O)Cc1cc(C)cc(C)c1. The molecule has 0 N–H and O–H groups in total. The van der Waals surface area contributed by atoms with Gasteiger partial charge in [-0.05, 0) is 26.3 Å². The van der Waals surface area contributed by atoms with Gasteiger partial charge in [-0.1, -0.05) is 29.3 Å². The maximum Gasteiger partial charge on any atom is 0.313 e. The molecule has 4 nitrogen and oxygen atoms in total. The lowest BCUT2D eigenvalue weighted by Gasteiger charge is -2.05. The first-order chi connectivity index (χ1) is 9.40. The van der Waals surface area contributed by atoms with E-state index >= 15 is 0 Å². The van der Waals surface area contributed by atoms with E-state index in [1.165, 1.54) is 0 Å². The van der Waals surface area contributed by atoms with Crippen LogP contribution in [-0.2, 0) is 30.9 Å². The van der Waals surface area contributed by atoms with E-state index < -0.39 is 16.8 Å². The summed E-state index contributed by atoms with van der Waals surface area (Å²) in [6.07, 6.45) is -0.299. The fraction of sp³-hybridized carbons (Fsp3) is 0.467. The molecular weight excluding hydrogens is 276 g/mol. The molecule has 1 rings (SSSR count). The van der Waals surface area contributed by atoms with Crippen LogP contribution in [0.15, 0.2) is 18.2 Å². The fourth-order valence-corrected chi connectivity index (χ4v) is 3.09. The Hall–Kier alpha value is -1.49. The summed E-state index contributed by atoms with van der Waals surface area (Å²) in [4.78, 5) is 22.7. The Morgan fingerprint density at radius 2 is 1.75 bits per heavy atom. The van der Waals surface area contributed by atoms with Gasteiger partial charge >= 0.3 is 5.97 Å². The smallest absolute Gasteiger partial charge is 0.313 e. The minimum Gasteiger partial charge on any atom is -0.466 e. The Bertz CT molecular complexity index is 502. The number of hydrogen-bond donors (Lipinski definition) is 0. The Labute approximate surface area is 122 Å². The van der Waals surface area contributed by atoms with Gasteiger partial charge in [-0.15, -0.1) is 0 Å². The molecule has 1 aromatic carbocycles. The van der Waals surface area contributed by atoms with Crippen molar-refractivity contribution in [3.63, 3.8) is 0 Å². The number of Topliss-reactive ketones (excluding diaryl/α,β-unsaturated/α-hetero) is 1. The zero-order valence-electron chi connectivity index (χ0n) is 12.1. The van der Waals surface area contributed by atoms with Crippen LogP contribution in [0.4, 0.5) is 0 Å². The number of benzene rings is 1. The molecule has 0 amide bonds. The van der Waals surface area contributed by atoms with Crippen molar-refractivity contribution in [2.24, 2.45) is 0 Å². The second-order valence-corrected chi connectivity index (χ2v) is 6.20. The minimum atomic E-state index is -1.30. The Morgan fingerprint density at radius 3 is 2.30 bits per heavy atom. The van der Waals surface area contributed by atoms with Crippen LogP contribution in [0.3, 0.4) is 0 Å². The summed E-state index contributed by atoms with van der Waals surface area (Å²) < 4.78 is 16.6. The van der Waals surface area contributed by atoms with E-state index in [1.807, 2.05) is 32.0 Å². The molecule has 0 spiro atoms. The summed E-state index contributed by atoms with van der Waals surface area (Å²) in [6.45, 7) is 5.88. The molecular formula is C15H20O4S. The molecule has 0 aromatic heterocycles. The molecule has 0 aliphatic heterocycles. The topological polar surface area (TPSA) is 60.4 Å². The van der Waals surface area contributed by atoms with E-state index in [4.69, 9.17) is 0 Å². The summed E-state index contributed by atoms with van der Waals surface area (Å²) in [6, 6.07) is 5.96. The summed E-state index contributed by atoms with van der Waals surface area (Å²) in [5.74, 6) is -0.671. The van der Waals surface area contributed by atoms with E-state index in [-0.39, 0.29) is 24.6 Å². The van der Waals surface area contributed by atoms with Gasteiger partial charge in [0.1, 0.15) is 6.42 Å². The standard InChI is InChI=1S/C15H20O4S/c1-4-19-15(17)8-14(16)10-20(18)9-13-6-11(2)5-12(3)7-13/h5-7H,4,8-10H2,1-3H3. The molecule has 1 atom stereocenters. The van der Waals surface area contributed by atoms with Crippen molar-refractivity contribution < 1.29 is 18.5 Å². The molecule has 0 aliphatic carbocycles. The first-order valence-corrected chi connectivity index (χ1v) is 7.99. The maximum absolute atomic E-state index is 11.9. The van der Waals surface area contributed by atoms with Gasteiger partial charge in [-0.25, -0.2) is 0 Å². The van der Waals surface area contributed by atoms with Gasteiger partial charge in [0.15, 0.2) is 5.78 Å². The maximum atomic E-state index is 11.9. The van der Waals surface area contributed by atoms with Gasteiger partial charge in [-0.2, -0.15) is 0 Å². The summed E-state index contributed by atoms with van der Waals surface area (Å²) >= 11 is 0. The fourth-order valence-electron chi connectivity index (χ4n) is 1.99. The highest BCUT2D eigenvalue weighted by atomic mass is 32.2. The molecule has 0 aliphatic rings. The molecule has 0 fully saturated rings. The van der Waals surface area contributed by atoms with Crippen molar-refractivity contribution in [2.75, 3.05) is 12.4 Å². The molecule has 0 radical (unpaired) electrons. The Morgan fingerprint density at radius 1 is 1.15 bits per heavy atom. The number of esters is 1. The van der Waals surface area contributed by atoms with E-state index in [0.29, 0.717) is 5.75 Å². The summed E-state index contributed by atoms with van der Waals surface area (Å²) in [5, 5.41) is 0. The van der Waals surface area contributed by atoms with Crippen LogP contribution in [0.25, 0.3) is 0 Å². The van der Waals surface area contributed by atoms with Gasteiger partial charge in [0.2, 0.25) is 0 Å². The zero-order valence-corrected chi connectivity index (χ0v) is 12.9. The number of ether oxygens (including phenoxy) is 1. The van der Waals surface area contributed by atoms with Crippen LogP contribution in [0.2, 0.25) is 0 Å². The minimum absolute atomic E-state index is 0.105. The molecule has 0 bridgehead atoms. The third kappa shape index (κ3) is 6.10. The number of aryl methyl sites for hydroxylation is 2. The molecule has 20 heavy (non-hydrogen) atoms. The third-order valence-corrected chi connectivity index (χ3v) is 3.88. The van der Waals surface area contributed by atoms with Gasteiger partial charge < -0.3 is 4.74 Å². The average molecular weight is 296 g/mol. The van der Waals surface area contributed by atoms with Crippen molar-refractivity contribution in [1.82, 2.24) is 0 Å².